The summed E-state index contributed by atoms with van der Waals surface area (Å²) >= 11 is 0. The van der Waals surface area contributed by atoms with Gasteiger partial charge in [-0.2, -0.15) is 0 Å². The van der Waals surface area contributed by atoms with Crippen LogP contribution in [0.2, 0.25) is 0 Å². The third kappa shape index (κ3) is 3.70. The average molecular weight is 280 g/mol. The molecule has 1 saturated heterocycles. The Morgan fingerprint density at radius 1 is 1.20 bits per heavy atom. The SMILES string of the molecule is CN(CCCCN1CCOCC1)c1nnc(C2CC2)o1. The maximum atomic E-state index is 5.69. The predicted molar refractivity (Wildman–Crippen MR) is 76.0 cm³/mol. The Hall–Kier alpha value is -1.14. The molecule has 0 bridgehead atoms. The van der Waals surface area contributed by atoms with E-state index in [4.69, 9.17) is 9.15 Å². The minimum atomic E-state index is 0.533. The van der Waals surface area contributed by atoms with E-state index in [1.54, 1.807) is 0 Å². The van der Waals surface area contributed by atoms with Crippen LogP contribution in [0.25, 0.3) is 0 Å². The fraction of sp³-hybridized carbons (Fsp3) is 0.857. The molecule has 0 radical (unpaired) electrons. The molecule has 1 aliphatic heterocycles. The predicted octanol–water partition coefficient (Wildman–Crippen LogP) is 1.50. The van der Waals surface area contributed by atoms with Gasteiger partial charge in [0.05, 0.1) is 13.2 Å². The first-order chi connectivity index (χ1) is 9.83. The standard InChI is InChI=1S/C14H24N4O2/c1-17(14-16-15-13(20-14)12-4-5-12)6-2-3-7-18-8-10-19-11-9-18/h12H,2-11H2,1H3. The minimum Gasteiger partial charge on any atom is -0.408 e. The molecule has 0 unspecified atom stereocenters. The maximum Gasteiger partial charge on any atom is 0.317 e. The zero-order valence-corrected chi connectivity index (χ0v) is 12.3. The van der Waals surface area contributed by atoms with Crippen LogP contribution in [0.4, 0.5) is 6.01 Å². The molecule has 1 aliphatic carbocycles. The van der Waals surface area contributed by atoms with Crippen LogP contribution >= 0.6 is 0 Å². The molecule has 1 aromatic rings. The summed E-state index contributed by atoms with van der Waals surface area (Å²) < 4.78 is 11.0. The monoisotopic (exact) mass is 280 g/mol. The fourth-order valence-corrected chi connectivity index (χ4v) is 2.48. The van der Waals surface area contributed by atoms with Crippen LogP contribution in [0.1, 0.15) is 37.5 Å². The molecule has 2 fully saturated rings. The van der Waals surface area contributed by atoms with Crippen molar-refractivity contribution >= 4 is 6.01 Å². The Kier molecular flexibility index (Phi) is 4.52. The van der Waals surface area contributed by atoms with Gasteiger partial charge in [-0.25, -0.2) is 0 Å². The van der Waals surface area contributed by atoms with Crippen molar-refractivity contribution in [2.75, 3.05) is 51.3 Å². The largest absolute Gasteiger partial charge is 0.408 e. The van der Waals surface area contributed by atoms with Gasteiger partial charge in [-0.1, -0.05) is 5.10 Å². The number of aromatic nitrogens is 2. The molecular formula is C14H24N4O2. The molecule has 0 atom stereocenters. The summed E-state index contributed by atoms with van der Waals surface area (Å²) in [5.41, 5.74) is 0. The van der Waals surface area contributed by atoms with E-state index in [-0.39, 0.29) is 0 Å². The second-order valence-corrected chi connectivity index (χ2v) is 5.78. The van der Waals surface area contributed by atoms with Crippen molar-refractivity contribution in [3.63, 3.8) is 0 Å². The van der Waals surface area contributed by atoms with Crippen LogP contribution in [0.15, 0.2) is 4.42 Å². The van der Waals surface area contributed by atoms with Crippen LogP contribution in [0.3, 0.4) is 0 Å². The zero-order chi connectivity index (χ0) is 13.8. The molecule has 6 heteroatoms. The summed E-state index contributed by atoms with van der Waals surface area (Å²) in [7, 11) is 2.03. The Balaban J connectivity index is 1.34. The van der Waals surface area contributed by atoms with Crippen LogP contribution in [0.5, 0.6) is 0 Å². The van der Waals surface area contributed by atoms with Crippen molar-refractivity contribution in [3.8, 4) is 0 Å². The highest BCUT2D eigenvalue weighted by atomic mass is 16.5. The normalized spacial score (nSPS) is 20.2. The summed E-state index contributed by atoms with van der Waals surface area (Å²) in [6.07, 6.45) is 4.75. The first-order valence-electron chi connectivity index (χ1n) is 7.67. The lowest BCUT2D eigenvalue weighted by molar-refractivity contribution is 0.0372. The number of ether oxygens (including phenoxy) is 1. The van der Waals surface area contributed by atoms with E-state index in [9.17, 15) is 0 Å². The van der Waals surface area contributed by atoms with E-state index in [0.29, 0.717) is 11.9 Å². The number of hydrogen-bond acceptors (Lipinski definition) is 6. The molecule has 0 amide bonds. The van der Waals surface area contributed by atoms with Crippen molar-refractivity contribution in [2.45, 2.75) is 31.6 Å². The molecule has 1 saturated carbocycles. The van der Waals surface area contributed by atoms with Crippen molar-refractivity contribution in [2.24, 2.45) is 0 Å². The molecule has 6 nitrogen and oxygen atoms in total. The number of nitrogens with zero attached hydrogens (tertiary/aromatic N) is 4. The number of hydrogen-bond donors (Lipinski definition) is 0. The van der Waals surface area contributed by atoms with Gasteiger partial charge in [0.2, 0.25) is 5.89 Å². The van der Waals surface area contributed by atoms with Gasteiger partial charge in [0.25, 0.3) is 0 Å². The van der Waals surface area contributed by atoms with Crippen LogP contribution < -0.4 is 4.90 Å². The van der Waals surface area contributed by atoms with Crippen molar-refractivity contribution in [3.05, 3.63) is 5.89 Å². The first kappa shape index (κ1) is 13.8. The summed E-state index contributed by atoms with van der Waals surface area (Å²) in [5, 5.41) is 8.25. The summed E-state index contributed by atoms with van der Waals surface area (Å²) in [4.78, 5) is 4.54. The molecular weight excluding hydrogens is 256 g/mol. The molecule has 0 N–H and O–H groups in total. The Morgan fingerprint density at radius 3 is 2.75 bits per heavy atom. The van der Waals surface area contributed by atoms with Gasteiger partial charge < -0.3 is 14.1 Å². The van der Waals surface area contributed by atoms with E-state index in [0.717, 1.165) is 51.7 Å². The third-order valence-electron chi connectivity index (χ3n) is 4.00. The molecule has 2 aliphatic rings. The van der Waals surface area contributed by atoms with Gasteiger partial charge in [0.1, 0.15) is 0 Å². The number of morpholine rings is 1. The fourth-order valence-electron chi connectivity index (χ4n) is 2.48. The lowest BCUT2D eigenvalue weighted by Gasteiger charge is -2.26. The van der Waals surface area contributed by atoms with Gasteiger partial charge in [-0.05, 0) is 32.2 Å². The summed E-state index contributed by atoms with van der Waals surface area (Å²) in [6.45, 7) is 6.04. The topological polar surface area (TPSA) is 54.6 Å². The summed E-state index contributed by atoms with van der Waals surface area (Å²) in [6, 6.07) is 0.665. The molecule has 3 rings (SSSR count). The van der Waals surface area contributed by atoms with Crippen molar-refractivity contribution in [1.82, 2.24) is 15.1 Å². The highest BCUT2D eigenvalue weighted by Gasteiger charge is 2.29. The number of rotatable bonds is 7. The Morgan fingerprint density at radius 2 is 2.00 bits per heavy atom. The van der Waals surface area contributed by atoms with Gasteiger partial charge in [-0.15, -0.1) is 5.10 Å². The van der Waals surface area contributed by atoms with Crippen molar-refractivity contribution < 1.29 is 9.15 Å². The van der Waals surface area contributed by atoms with Crippen LogP contribution in [-0.4, -0.2) is 61.5 Å². The highest BCUT2D eigenvalue weighted by Crippen LogP contribution is 2.39. The number of anilines is 1. The molecule has 1 aromatic heterocycles. The molecule has 2 heterocycles. The first-order valence-corrected chi connectivity index (χ1v) is 7.67. The second kappa shape index (κ2) is 6.54. The van der Waals surface area contributed by atoms with E-state index in [1.807, 2.05) is 7.05 Å². The van der Waals surface area contributed by atoms with Gasteiger partial charge in [0.15, 0.2) is 0 Å². The minimum absolute atomic E-state index is 0.533. The van der Waals surface area contributed by atoms with E-state index in [1.165, 1.54) is 19.3 Å². The van der Waals surface area contributed by atoms with Crippen molar-refractivity contribution in [1.29, 1.82) is 0 Å². The smallest absolute Gasteiger partial charge is 0.317 e. The summed E-state index contributed by atoms with van der Waals surface area (Å²) in [5.74, 6) is 1.35. The van der Waals surface area contributed by atoms with E-state index in [2.05, 4.69) is 20.0 Å². The Bertz CT molecular complexity index is 413. The van der Waals surface area contributed by atoms with E-state index < -0.39 is 0 Å². The second-order valence-electron chi connectivity index (χ2n) is 5.78. The third-order valence-corrected chi connectivity index (χ3v) is 4.00. The molecule has 0 aromatic carbocycles. The highest BCUT2D eigenvalue weighted by molar-refractivity contribution is 5.22. The number of unbranched alkanes of at least 4 members (excludes halogenated alkanes) is 1. The Labute approximate surface area is 120 Å². The average Bonchev–Trinajstić information content (AvgIpc) is 3.22. The van der Waals surface area contributed by atoms with Crippen LogP contribution in [-0.2, 0) is 4.74 Å². The lowest BCUT2D eigenvalue weighted by Crippen LogP contribution is -2.37. The quantitative estimate of drug-likeness (QED) is 0.705. The van der Waals surface area contributed by atoms with Gasteiger partial charge in [-0.3, -0.25) is 4.90 Å². The molecule has 0 spiro atoms. The molecule has 112 valence electrons. The van der Waals surface area contributed by atoms with E-state index >= 15 is 0 Å². The maximum absolute atomic E-state index is 5.69. The lowest BCUT2D eigenvalue weighted by atomic mass is 10.2. The van der Waals surface area contributed by atoms with Gasteiger partial charge in [0, 0.05) is 32.6 Å². The van der Waals surface area contributed by atoms with Crippen LogP contribution in [0, 0.1) is 0 Å². The molecule has 20 heavy (non-hydrogen) atoms. The van der Waals surface area contributed by atoms with Gasteiger partial charge >= 0.3 is 6.01 Å². The zero-order valence-electron chi connectivity index (χ0n) is 12.3.